The fraction of sp³-hybridized carbons (Fsp3) is 0.632. The molecule has 0 unspecified atom stereocenters. The van der Waals surface area contributed by atoms with Gasteiger partial charge in [-0.3, -0.25) is 4.99 Å². The number of fused-ring (bicyclic) bond motifs is 1. The number of benzene rings is 1. The number of piperidine rings is 1. The summed E-state index contributed by atoms with van der Waals surface area (Å²) < 4.78 is 10.8. The highest BCUT2D eigenvalue weighted by atomic mass is 16.7. The van der Waals surface area contributed by atoms with Gasteiger partial charge in [-0.25, -0.2) is 0 Å². The Kier molecular flexibility index (Phi) is 6.79. The van der Waals surface area contributed by atoms with E-state index in [-0.39, 0.29) is 0 Å². The SMILES string of the molecule is CCNC(=NCCN1CCCCC1)NCCc1ccc2c(c1)OCO2. The molecule has 1 saturated heterocycles. The molecule has 6 nitrogen and oxygen atoms in total. The Labute approximate surface area is 150 Å². The van der Waals surface area contributed by atoms with Crippen LogP contribution in [0.2, 0.25) is 0 Å². The van der Waals surface area contributed by atoms with Gasteiger partial charge in [-0.15, -0.1) is 0 Å². The van der Waals surface area contributed by atoms with E-state index in [1.807, 2.05) is 6.07 Å². The van der Waals surface area contributed by atoms with Crippen molar-refractivity contribution in [2.24, 2.45) is 4.99 Å². The minimum atomic E-state index is 0.325. The van der Waals surface area contributed by atoms with Crippen molar-refractivity contribution in [1.29, 1.82) is 0 Å². The first-order valence-corrected chi connectivity index (χ1v) is 9.48. The first-order chi connectivity index (χ1) is 12.3. The third-order valence-corrected chi connectivity index (χ3v) is 4.62. The van der Waals surface area contributed by atoms with Gasteiger partial charge in [0.15, 0.2) is 17.5 Å². The van der Waals surface area contributed by atoms with Gasteiger partial charge in [0.2, 0.25) is 6.79 Å². The van der Waals surface area contributed by atoms with Crippen LogP contribution >= 0.6 is 0 Å². The Morgan fingerprint density at radius 1 is 1.12 bits per heavy atom. The average molecular weight is 346 g/mol. The van der Waals surface area contributed by atoms with Crippen LogP contribution in [0.15, 0.2) is 23.2 Å². The Morgan fingerprint density at radius 2 is 1.96 bits per heavy atom. The van der Waals surface area contributed by atoms with E-state index >= 15 is 0 Å². The van der Waals surface area contributed by atoms with Crippen LogP contribution in [0.4, 0.5) is 0 Å². The molecule has 1 aromatic carbocycles. The molecule has 2 N–H and O–H groups in total. The zero-order chi connectivity index (χ0) is 17.3. The number of hydrogen-bond donors (Lipinski definition) is 2. The van der Waals surface area contributed by atoms with Gasteiger partial charge in [0.1, 0.15) is 0 Å². The van der Waals surface area contributed by atoms with Crippen LogP contribution in [-0.2, 0) is 6.42 Å². The average Bonchev–Trinajstić information content (AvgIpc) is 3.10. The summed E-state index contributed by atoms with van der Waals surface area (Å²) in [7, 11) is 0. The summed E-state index contributed by atoms with van der Waals surface area (Å²) in [4.78, 5) is 7.22. The van der Waals surface area contributed by atoms with E-state index in [0.29, 0.717) is 6.79 Å². The lowest BCUT2D eigenvalue weighted by Crippen LogP contribution is -2.39. The molecule has 0 bridgehead atoms. The van der Waals surface area contributed by atoms with Gasteiger partial charge in [-0.1, -0.05) is 12.5 Å². The maximum Gasteiger partial charge on any atom is 0.231 e. The van der Waals surface area contributed by atoms with Crippen molar-refractivity contribution >= 4 is 5.96 Å². The fourth-order valence-electron chi connectivity index (χ4n) is 3.25. The number of hydrogen-bond acceptors (Lipinski definition) is 4. The molecule has 0 aromatic heterocycles. The van der Waals surface area contributed by atoms with E-state index in [2.05, 4.69) is 34.6 Å². The van der Waals surface area contributed by atoms with Gasteiger partial charge in [0, 0.05) is 19.6 Å². The molecule has 6 heteroatoms. The number of ether oxygens (including phenoxy) is 2. The zero-order valence-electron chi connectivity index (χ0n) is 15.2. The Bertz CT molecular complexity index is 571. The molecule has 2 heterocycles. The van der Waals surface area contributed by atoms with Crippen molar-refractivity contribution in [2.75, 3.05) is 46.1 Å². The quantitative estimate of drug-likeness (QED) is 0.584. The molecule has 0 amide bonds. The summed E-state index contributed by atoms with van der Waals surface area (Å²) >= 11 is 0. The Balaban J connectivity index is 1.42. The molecule has 25 heavy (non-hydrogen) atoms. The maximum atomic E-state index is 5.43. The van der Waals surface area contributed by atoms with Gasteiger partial charge < -0.3 is 25.0 Å². The lowest BCUT2D eigenvalue weighted by atomic mass is 10.1. The van der Waals surface area contributed by atoms with Crippen LogP contribution in [-0.4, -0.2) is 56.9 Å². The number of nitrogens with one attached hydrogen (secondary N) is 2. The van der Waals surface area contributed by atoms with Crippen LogP contribution in [0.25, 0.3) is 0 Å². The van der Waals surface area contributed by atoms with E-state index in [0.717, 1.165) is 50.1 Å². The van der Waals surface area contributed by atoms with Gasteiger partial charge in [0.25, 0.3) is 0 Å². The van der Waals surface area contributed by atoms with E-state index in [4.69, 9.17) is 14.5 Å². The van der Waals surface area contributed by atoms with Crippen LogP contribution < -0.4 is 20.1 Å². The summed E-state index contributed by atoms with van der Waals surface area (Å²) in [6, 6.07) is 6.13. The summed E-state index contributed by atoms with van der Waals surface area (Å²) in [5.41, 5.74) is 1.24. The normalized spacial score (nSPS) is 17.6. The van der Waals surface area contributed by atoms with Crippen LogP contribution in [0, 0.1) is 0 Å². The molecule has 1 aromatic rings. The maximum absolute atomic E-state index is 5.43. The molecule has 138 valence electrons. The highest BCUT2D eigenvalue weighted by Crippen LogP contribution is 2.32. The molecule has 0 spiro atoms. The first kappa shape index (κ1) is 17.9. The van der Waals surface area contributed by atoms with Crippen LogP contribution in [0.5, 0.6) is 11.5 Å². The molecule has 0 aliphatic carbocycles. The number of guanidine groups is 1. The lowest BCUT2D eigenvalue weighted by molar-refractivity contribution is 0.174. The molecule has 0 saturated carbocycles. The second-order valence-corrected chi connectivity index (χ2v) is 6.53. The van der Waals surface area contributed by atoms with Crippen molar-refractivity contribution in [3.8, 4) is 11.5 Å². The van der Waals surface area contributed by atoms with E-state index in [1.165, 1.54) is 37.9 Å². The lowest BCUT2D eigenvalue weighted by Gasteiger charge is -2.25. The standard InChI is InChI=1S/C19H30N4O2/c1-2-20-19(22-10-13-23-11-4-3-5-12-23)21-9-8-16-6-7-17-18(14-16)25-15-24-17/h6-7,14H,2-5,8-13,15H2,1H3,(H2,20,21,22). The summed E-state index contributed by atoms with van der Waals surface area (Å²) in [6.45, 7) is 8.49. The minimum absolute atomic E-state index is 0.325. The minimum Gasteiger partial charge on any atom is -0.454 e. The Morgan fingerprint density at radius 3 is 2.80 bits per heavy atom. The largest absolute Gasteiger partial charge is 0.454 e. The second-order valence-electron chi connectivity index (χ2n) is 6.53. The monoisotopic (exact) mass is 346 g/mol. The van der Waals surface area contributed by atoms with Crippen molar-refractivity contribution in [3.05, 3.63) is 23.8 Å². The van der Waals surface area contributed by atoms with Crippen molar-refractivity contribution in [1.82, 2.24) is 15.5 Å². The fourth-order valence-corrected chi connectivity index (χ4v) is 3.25. The number of nitrogens with zero attached hydrogens (tertiary/aromatic N) is 2. The molecule has 0 atom stereocenters. The Hall–Kier alpha value is -1.95. The van der Waals surface area contributed by atoms with Gasteiger partial charge in [-0.2, -0.15) is 0 Å². The third-order valence-electron chi connectivity index (χ3n) is 4.62. The van der Waals surface area contributed by atoms with Gasteiger partial charge in [0.05, 0.1) is 6.54 Å². The number of likely N-dealkylation sites (tertiary alicyclic amines) is 1. The predicted octanol–water partition coefficient (Wildman–Crippen LogP) is 2.00. The first-order valence-electron chi connectivity index (χ1n) is 9.48. The highest BCUT2D eigenvalue weighted by Gasteiger charge is 2.13. The second kappa shape index (κ2) is 9.51. The van der Waals surface area contributed by atoms with E-state index < -0.39 is 0 Å². The van der Waals surface area contributed by atoms with Crippen molar-refractivity contribution in [3.63, 3.8) is 0 Å². The molecule has 0 radical (unpaired) electrons. The number of aliphatic imine (C=N–C) groups is 1. The van der Waals surface area contributed by atoms with E-state index in [1.54, 1.807) is 0 Å². The predicted molar refractivity (Wildman–Crippen MR) is 101 cm³/mol. The zero-order valence-corrected chi connectivity index (χ0v) is 15.2. The summed E-state index contributed by atoms with van der Waals surface area (Å²) in [5.74, 6) is 2.59. The molecule has 3 rings (SSSR count). The summed E-state index contributed by atoms with van der Waals surface area (Å²) in [6.07, 6.45) is 4.96. The number of rotatable bonds is 7. The topological polar surface area (TPSA) is 58.1 Å². The van der Waals surface area contributed by atoms with Gasteiger partial charge in [-0.05, 0) is 57.0 Å². The van der Waals surface area contributed by atoms with Crippen LogP contribution in [0.3, 0.4) is 0 Å². The summed E-state index contributed by atoms with van der Waals surface area (Å²) in [5, 5.41) is 6.75. The van der Waals surface area contributed by atoms with E-state index in [9.17, 15) is 0 Å². The van der Waals surface area contributed by atoms with Gasteiger partial charge >= 0.3 is 0 Å². The van der Waals surface area contributed by atoms with Crippen LogP contribution in [0.1, 0.15) is 31.7 Å². The molecular formula is C19H30N4O2. The molecule has 2 aliphatic heterocycles. The molecular weight excluding hydrogens is 316 g/mol. The molecule has 2 aliphatic rings. The smallest absolute Gasteiger partial charge is 0.231 e. The van der Waals surface area contributed by atoms with Crippen molar-refractivity contribution < 1.29 is 9.47 Å². The third kappa shape index (κ3) is 5.53. The highest BCUT2D eigenvalue weighted by molar-refractivity contribution is 5.79. The van der Waals surface area contributed by atoms with Crippen molar-refractivity contribution in [2.45, 2.75) is 32.6 Å². The molecule has 1 fully saturated rings.